The monoisotopic (exact) mass is 257 g/mol. The number of fused-ring (bicyclic) bond motifs is 1. The highest BCUT2D eigenvalue weighted by molar-refractivity contribution is 5.11. The van der Waals surface area contributed by atoms with Crippen LogP contribution in [0.5, 0.6) is 0 Å². The van der Waals surface area contributed by atoms with Crippen molar-refractivity contribution in [3.63, 3.8) is 0 Å². The van der Waals surface area contributed by atoms with Crippen LogP contribution in [0, 0.1) is 11.3 Å². The van der Waals surface area contributed by atoms with Crippen molar-refractivity contribution < 1.29 is 9.13 Å². The Balaban J connectivity index is 2.21. The van der Waals surface area contributed by atoms with Crippen molar-refractivity contribution in [3.8, 4) is 0 Å². The Kier molecular flexibility index (Phi) is 3.76. The van der Waals surface area contributed by atoms with E-state index in [1.54, 1.807) is 0 Å². The molecular weight excluding hydrogens is 229 g/mol. The highest BCUT2D eigenvalue weighted by Gasteiger charge is 2.57. The van der Waals surface area contributed by atoms with E-state index in [9.17, 15) is 4.39 Å². The highest BCUT2D eigenvalue weighted by Crippen LogP contribution is 2.51. The summed E-state index contributed by atoms with van der Waals surface area (Å²) in [6.07, 6.45) is 1.38. The van der Waals surface area contributed by atoms with Gasteiger partial charge in [-0.3, -0.25) is 4.90 Å². The minimum atomic E-state index is -0.675. The summed E-state index contributed by atoms with van der Waals surface area (Å²) in [5.41, 5.74) is 0.168. The fraction of sp³-hybridized carbons (Fsp3) is 1.00. The molecule has 2 aliphatic heterocycles. The van der Waals surface area contributed by atoms with E-state index in [1.165, 1.54) is 6.42 Å². The largest absolute Gasteiger partial charge is 0.377 e. The zero-order valence-corrected chi connectivity index (χ0v) is 12.5. The van der Waals surface area contributed by atoms with Crippen LogP contribution in [0.15, 0.2) is 0 Å². The molecule has 0 aromatic rings. The van der Waals surface area contributed by atoms with Crippen molar-refractivity contribution in [2.24, 2.45) is 11.3 Å². The van der Waals surface area contributed by atoms with Crippen LogP contribution >= 0.6 is 0 Å². The molecule has 3 heteroatoms. The molecule has 2 nitrogen and oxygen atoms in total. The van der Waals surface area contributed by atoms with Crippen LogP contribution in [0.2, 0.25) is 0 Å². The maximum absolute atomic E-state index is 13.9. The molecule has 0 radical (unpaired) electrons. The van der Waals surface area contributed by atoms with Crippen LogP contribution in [-0.2, 0) is 4.74 Å². The molecule has 2 aliphatic rings. The van der Waals surface area contributed by atoms with Crippen molar-refractivity contribution in [2.45, 2.75) is 65.3 Å². The first kappa shape index (κ1) is 14.3. The molecule has 0 bridgehead atoms. The van der Waals surface area contributed by atoms with Crippen molar-refractivity contribution >= 4 is 0 Å². The topological polar surface area (TPSA) is 12.5 Å². The third-order valence-electron chi connectivity index (χ3n) is 4.67. The molecule has 2 rings (SSSR count). The molecule has 2 unspecified atom stereocenters. The molecule has 3 atom stereocenters. The Morgan fingerprint density at radius 1 is 1.39 bits per heavy atom. The Labute approximate surface area is 111 Å². The lowest BCUT2D eigenvalue weighted by atomic mass is 9.68. The van der Waals surface area contributed by atoms with Gasteiger partial charge in [-0.2, -0.15) is 0 Å². The van der Waals surface area contributed by atoms with Gasteiger partial charge in [-0.25, -0.2) is 4.39 Å². The van der Waals surface area contributed by atoms with Crippen molar-refractivity contribution in [1.82, 2.24) is 4.90 Å². The molecule has 0 aromatic heterocycles. The summed E-state index contributed by atoms with van der Waals surface area (Å²) in [6, 6.07) is 0. The number of alkyl halides is 1. The molecule has 2 fully saturated rings. The van der Waals surface area contributed by atoms with E-state index in [-0.39, 0.29) is 17.1 Å². The molecule has 0 aliphatic carbocycles. The number of hydrogen-bond donors (Lipinski definition) is 0. The summed E-state index contributed by atoms with van der Waals surface area (Å²) in [4.78, 5) is 2.36. The lowest BCUT2D eigenvalue weighted by molar-refractivity contribution is -0.0356. The van der Waals surface area contributed by atoms with Gasteiger partial charge in [-0.05, 0) is 38.1 Å². The fourth-order valence-corrected chi connectivity index (χ4v) is 4.03. The number of nitrogens with zero attached hydrogens (tertiary/aromatic N) is 1. The van der Waals surface area contributed by atoms with Crippen molar-refractivity contribution in [2.75, 3.05) is 19.7 Å². The SMILES string of the molecule is CC(C)OCC12C[C@@H](F)CN1CCC2C(C)(C)C. The van der Waals surface area contributed by atoms with Gasteiger partial charge >= 0.3 is 0 Å². The summed E-state index contributed by atoms with van der Waals surface area (Å²) in [7, 11) is 0. The quantitative estimate of drug-likeness (QED) is 0.769. The smallest absolute Gasteiger partial charge is 0.115 e. The minimum Gasteiger partial charge on any atom is -0.377 e. The molecule has 2 heterocycles. The maximum atomic E-state index is 13.9. The molecule has 0 spiro atoms. The first-order chi connectivity index (χ1) is 8.25. The van der Waals surface area contributed by atoms with Gasteiger partial charge in [0.2, 0.25) is 0 Å². The van der Waals surface area contributed by atoms with Gasteiger partial charge in [0.25, 0.3) is 0 Å². The number of ether oxygens (including phenoxy) is 1. The summed E-state index contributed by atoms with van der Waals surface area (Å²) in [5, 5.41) is 0. The van der Waals surface area contributed by atoms with Gasteiger partial charge < -0.3 is 4.74 Å². The van der Waals surface area contributed by atoms with Gasteiger partial charge in [0, 0.05) is 13.0 Å². The lowest BCUT2D eigenvalue weighted by Crippen LogP contribution is -2.51. The van der Waals surface area contributed by atoms with Crippen LogP contribution in [0.3, 0.4) is 0 Å². The second-order valence-electron chi connectivity index (χ2n) is 7.42. The zero-order valence-electron chi connectivity index (χ0n) is 12.5. The van der Waals surface area contributed by atoms with Gasteiger partial charge in [-0.15, -0.1) is 0 Å². The molecule has 0 N–H and O–H groups in total. The summed E-state index contributed by atoms with van der Waals surface area (Å²) in [5.74, 6) is 0.532. The first-order valence-corrected chi connectivity index (χ1v) is 7.26. The summed E-state index contributed by atoms with van der Waals surface area (Å²) >= 11 is 0. The maximum Gasteiger partial charge on any atom is 0.115 e. The van der Waals surface area contributed by atoms with Gasteiger partial charge in [-0.1, -0.05) is 20.8 Å². The average molecular weight is 257 g/mol. The minimum absolute atomic E-state index is 0.0536. The fourth-order valence-electron chi connectivity index (χ4n) is 4.03. The Morgan fingerprint density at radius 2 is 2.06 bits per heavy atom. The predicted molar refractivity (Wildman–Crippen MR) is 72.5 cm³/mol. The second kappa shape index (κ2) is 4.75. The van der Waals surface area contributed by atoms with Gasteiger partial charge in [0.15, 0.2) is 0 Å². The van der Waals surface area contributed by atoms with Crippen LogP contribution in [0.4, 0.5) is 4.39 Å². The Hall–Kier alpha value is -0.150. The predicted octanol–water partition coefficient (Wildman–Crippen LogP) is 3.26. The van der Waals surface area contributed by atoms with Crippen molar-refractivity contribution in [3.05, 3.63) is 0 Å². The molecule has 0 saturated carbocycles. The molecule has 106 valence electrons. The van der Waals surface area contributed by atoms with E-state index in [0.29, 0.717) is 25.5 Å². The zero-order chi connectivity index (χ0) is 13.6. The average Bonchev–Trinajstić information content (AvgIpc) is 2.67. The normalized spacial score (nSPS) is 37.5. The Morgan fingerprint density at radius 3 is 2.61 bits per heavy atom. The van der Waals surface area contributed by atoms with Crippen LogP contribution in [-0.4, -0.2) is 42.4 Å². The lowest BCUT2D eigenvalue weighted by Gasteiger charge is -2.43. The van der Waals surface area contributed by atoms with Crippen LogP contribution in [0.25, 0.3) is 0 Å². The highest BCUT2D eigenvalue weighted by atomic mass is 19.1. The van der Waals surface area contributed by atoms with E-state index in [2.05, 4.69) is 39.5 Å². The van der Waals surface area contributed by atoms with Gasteiger partial charge in [0.1, 0.15) is 6.17 Å². The van der Waals surface area contributed by atoms with Gasteiger partial charge in [0.05, 0.1) is 18.2 Å². The first-order valence-electron chi connectivity index (χ1n) is 7.26. The summed E-state index contributed by atoms with van der Waals surface area (Å²) in [6.45, 7) is 13.3. The number of rotatable bonds is 3. The second-order valence-corrected chi connectivity index (χ2v) is 7.42. The van der Waals surface area contributed by atoms with E-state index >= 15 is 0 Å². The molecule has 0 aromatic carbocycles. The molecule has 0 amide bonds. The van der Waals surface area contributed by atoms with E-state index in [4.69, 9.17) is 4.74 Å². The molecule has 18 heavy (non-hydrogen) atoms. The molecular formula is C15H28FNO. The third-order valence-corrected chi connectivity index (χ3v) is 4.67. The van der Waals surface area contributed by atoms with Crippen molar-refractivity contribution in [1.29, 1.82) is 0 Å². The Bertz CT molecular complexity index is 299. The standard InChI is InChI=1S/C15H28FNO/c1-11(2)18-10-15-8-12(16)9-17(15)7-6-13(15)14(3,4)5/h11-13H,6-10H2,1-5H3/t12-,13?,15?/m1/s1. The molecule has 2 saturated heterocycles. The van der Waals surface area contributed by atoms with E-state index in [1.807, 2.05) is 0 Å². The van der Waals surface area contributed by atoms with E-state index < -0.39 is 6.17 Å². The third kappa shape index (κ3) is 2.44. The van der Waals surface area contributed by atoms with Crippen LogP contribution < -0.4 is 0 Å². The van der Waals surface area contributed by atoms with E-state index in [0.717, 1.165) is 6.54 Å². The number of halogens is 1. The summed E-state index contributed by atoms with van der Waals surface area (Å²) < 4.78 is 19.8. The number of hydrogen-bond acceptors (Lipinski definition) is 2. The van der Waals surface area contributed by atoms with Crippen LogP contribution in [0.1, 0.15) is 47.5 Å².